The third-order valence-electron chi connectivity index (χ3n) is 5.98. The number of nitrogens with zero attached hydrogens (tertiary/aromatic N) is 1. The number of carbonyl (C=O) groups is 3. The topological polar surface area (TPSA) is 98.7 Å². The summed E-state index contributed by atoms with van der Waals surface area (Å²) in [6.45, 7) is -0.0559. The predicted octanol–water partition coefficient (Wildman–Crippen LogP) is 2.91. The Morgan fingerprint density at radius 1 is 0.969 bits per heavy atom. The molecule has 1 heterocycles. The lowest BCUT2D eigenvalue weighted by atomic mass is 9.92. The molecule has 1 unspecified atom stereocenters. The maximum absolute atomic E-state index is 13.6. The third kappa shape index (κ3) is 4.51. The molecule has 32 heavy (non-hydrogen) atoms. The lowest BCUT2D eigenvalue weighted by molar-refractivity contribution is -0.125. The summed E-state index contributed by atoms with van der Waals surface area (Å²) in [6, 6.07) is 13.9. The van der Waals surface area contributed by atoms with Gasteiger partial charge in [0.1, 0.15) is 11.8 Å². The molecule has 166 valence electrons. The van der Waals surface area contributed by atoms with Gasteiger partial charge in [0.25, 0.3) is 0 Å². The van der Waals surface area contributed by atoms with Crippen molar-refractivity contribution < 1.29 is 19.5 Å². The number of benzene rings is 2. The Hall–Kier alpha value is -3.61. The Kier molecular flexibility index (Phi) is 6.54. The first-order chi connectivity index (χ1) is 15.6. The Labute approximate surface area is 187 Å². The van der Waals surface area contributed by atoms with Crippen LogP contribution in [-0.4, -0.2) is 41.3 Å². The van der Waals surface area contributed by atoms with E-state index in [1.54, 1.807) is 36.4 Å². The Morgan fingerprint density at radius 2 is 1.66 bits per heavy atom. The van der Waals surface area contributed by atoms with Crippen molar-refractivity contribution in [2.45, 2.75) is 44.2 Å². The van der Waals surface area contributed by atoms with E-state index in [2.05, 4.69) is 10.6 Å². The van der Waals surface area contributed by atoms with Gasteiger partial charge in [-0.25, -0.2) is 0 Å². The summed E-state index contributed by atoms with van der Waals surface area (Å²) in [5.74, 6) is -1.40. The van der Waals surface area contributed by atoms with Gasteiger partial charge in [0.2, 0.25) is 11.8 Å². The average molecular weight is 434 g/mol. The van der Waals surface area contributed by atoms with E-state index in [0.717, 1.165) is 32.1 Å². The summed E-state index contributed by atoms with van der Waals surface area (Å²) in [5.41, 5.74) is 0.717. The van der Waals surface area contributed by atoms with Gasteiger partial charge in [0, 0.05) is 23.5 Å². The minimum atomic E-state index is -1.16. The van der Waals surface area contributed by atoms with Crippen molar-refractivity contribution in [1.82, 2.24) is 10.6 Å². The molecule has 1 atom stereocenters. The number of hydrogen-bond acceptors (Lipinski definition) is 5. The van der Waals surface area contributed by atoms with Crippen LogP contribution in [0.25, 0.3) is 0 Å². The van der Waals surface area contributed by atoms with Crippen LogP contribution >= 0.6 is 0 Å². The van der Waals surface area contributed by atoms with E-state index in [-0.39, 0.29) is 35.4 Å². The van der Waals surface area contributed by atoms with Crippen LogP contribution in [-0.2, 0) is 9.59 Å². The maximum Gasteiger partial charge on any atom is 0.248 e. The number of phenols is 1. The summed E-state index contributed by atoms with van der Waals surface area (Å²) in [4.78, 5) is 41.5. The largest absolute Gasteiger partial charge is 0.507 e. The molecule has 3 N–H and O–H groups in total. The number of nitrogens with one attached hydrogen (secondary N) is 2. The number of anilines is 1. The van der Waals surface area contributed by atoms with Gasteiger partial charge in [0.15, 0.2) is 5.78 Å². The molecular weight excluding hydrogens is 406 g/mol. The van der Waals surface area contributed by atoms with Gasteiger partial charge >= 0.3 is 0 Å². The highest BCUT2D eigenvalue weighted by atomic mass is 16.3. The lowest BCUT2D eigenvalue weighted by Gasteiger charge is -2.32. The Morgan fingerprint density at radius 3 is 2.38 bits per heavy atom. The highest BCUT2D eigenvalue weighted by Crippen LogP contribution is 2.28. The van der Waals surface area contributed by atoms with Crippen molar-refractivity contribution >= 4 is 23.3 Å². The molecule has 0 saturated heterocycles. The lowest BCUT2D eigenvalue weighted by Crippen LogP contribution is -2.54. The van der Waals surface area contributed by atoms with Gasteiger partial charge in [-0.3, -0.25) is 19.3 Å². The molecule has 0 bridgehead atoms. The quantitative estimate of drug-likeness (QED) is 0.630. The number of aromatic hydroxyl groups is 1. The molecule has 2 aromatic carbocycles. The summed E-state index contributed by atoms with van der Waals surface area (Å²) in [6.07, 6.45) is 6.41. The first-order valence-electron chi connectivity index (χ1n) is 11.0. The van der Waals surface area contributed by atoms with Crippen molar-refractivity contribution in [3.63, 3.8) is 0 Å². The second kappa shape index (κ2) is 9.68. The molecule has 1 aliphatic heterocycles. The molecule has 2 aliphatic rings. The van der Waals surface area contributed by atoms with Crippen LogP contribution in [0.15, 0.2) is 66.4 Å². The monoisotopic (exact) mass is 433 g/mol. The number of phenolic OH excluding ortho intramolecular Hbond substituents is 1. The normalized spacial score (nSPS) is 19.5. The summed E-state index contributed by atoms with van der Waals surface area (Å²) < 4.78 is 0. The molecule has 4 rings (SSSR count). The molecule has 2 amide bonds. The van der Waals surface area contributed by atoms with Crippen molar-refractivity contribution in [2.75, 3.05) is 11.4 Å². The van der Waals surface area contributed by atoms with E-state index in [4.69, 9.17) is 0 Å². The zero-order valence-corrected chi connectivity index (χ0v) is 17.8. The molecular formula is C25H27N3O4. The van der Waals surface area contributed by atoms with Crippen LogP contribution in [0.3, 0.4) is 0 Å². The zero-order valence-electron chi connectivity index (χ0n) is 17.8. The van der Waals surface area contributed by atoms with Crippen molar-refractivity contribution in [3.8, 4) is 5.75 Å². The highest BCUT2D eigenvalue weighted by molar-refractivity contribution is 6.17. The number of para-hydroxylation sites is 2. The highest BCUT2D eigenvalue weighted by Gasteiger charge is 2.40. The van der Waals surface area contributed by atoms with Crippen molar-refractivity contribution in [2.24, 2.45) is 0 Å². The first kappa shape index (κ1) is 21.6. The molecule has 1 aliphatic carbocycles. The molecule has 7 heteroatoms. The second-order valence-electron chi connectivity index (χ2n) is 8.17. The Bertz CT molecular complexity index is 1030. The maximum atomic E-state index is 13.6. The average Bonchev–Trinajstić information content (AvgIpc) is 2.99. The number of hydrogen-bond donors (Lipinski definition) is 3. The number of ketones is 1. The summed E-state index contributed by atoms with van der Waals surface area (Å²) in [5, 5.41) is 16.2. The number of amides is 2. The van der Waals surface area contributed by atoms with E-state index >= 15 is 0 Å². The van der Waals surface area contributed by atoms with Gasteiger partial charge in [-0.05, 0) is 37.1 Å². The van der Waals surface area contributed by atoms with Crippen LogP contribution < -0.4 is 15.5 Å². The fraction of sp³-hybridized carbons (Fsp3) is 0.320. The predicted molar refractivity (Wildman–Crippen MR) is 121 cm³/mol. The fourth-order valence-electron chi connectivity index (χ4n) is 4.37. The van der Waals surface area contributed by atoms with Crippen LogP contribution in [0.5, 0.6) is 5.75 Å². The summed E-state index contributed by atoms with van der Waals surface area (Å²) in [7, 11) is 0. The molecule has 1 saturated carbocycles. The van der Waals surface area contributed by atoms with Gasteiger partial charge in [0.05, 0.1) is 12.1 Å². The minimum absolute atomic E-state index is 0.0154. The number of carbonyl (C=O) groups excluding carboxylic acids is 3. The fourth-order valence-corrected chi connectivity index (χ4v) is 4.37. The van der Waals surface area contributed by atoms with E-state index in [1.165, 1.54) is 23.2 Å². The standard InChI is InChI=1S/C25H27N3O4/c29-21-14-8-7-13-19(21)24(31)20-15-26-16-22(30)28(18-11-5-2-6-12-18)23(20)25(32)27-17-9-3-1-4-10-17/h2,5-8,11-15,17,23,26,29H,1,3-4,9-10,16H2,(H,27,32). The smallest absolute Gasteiger partial charge is 0.248 e. The number of rotatable bonds is 5. The Balaban J connectivity index is 1.76. The van der Waals surface area contributed by atoms with Gasteiger partial charge in [-0.2, -0.15) is 0 Å². The second-order valence-corrected chi connectivity index (χ2v) is 8.17. The minimum Gasteiger partial charge on any atom is -0.507 e. The first-order valence-corrected chi connectivity index (χ1v) is 11.0. The molecule has 2 aromatic rings. The van der Waals surface area contributed by atoms with Crippen molar-refractivity contribution in [1.29, 1.82) is 0 Å². The van der Waals surface area contributed by atoms with E-state index in [1.807, 2.05) is 6.07 Å². The molecule has 0 aromatic heterocycles. The van der Waals surface area contributed by atoms with Gasteiger partial charge in [-0.15, -0.1) is 0 Å². The summed E-state index contributed by atoms with van der Waals surface area (Å²) >= 11 is 0. The van der Waals surface area contributed by atoms with E-state index in [9.17, 15) is 19.5 Å². The molecule has 7 nitrogen and oxygen atoms in total. The van der Waals surface area contributed by atoms with Crippen LogP contribution in [0, 0.1) is 0 Å². The van der Waals surface area contributed by atoms with E-state index < -0.39 is 17.7 Å². The molecule has 0 radical (unpaired) electrons. The van der Waals surface area contributed by atoms with E-state index in [0.29, 0.717) is 5.69 Å². The molecule has 0 spiro atoms. The third-order valence-corrected chi connectivity index (χ3v) is 5.98. The molecule has 1 fully saturated rings. The van der Waals surface area contributed by atoms with Crippen LogP contribution in [0.4, 0.5) is 5.69 Å². The zero-order chi connectivity index (χ0) is 22.5. The van der Waals surface area contributed by atoms with Crippen LogP contribution in [0.2, 0.25) is 0 Å². The van der Waals surface area contributed by atoms with Crippen LogP contribution in [0.1, 0.15) is 42.5 Å². The van der Waals surface area contributed by atoms with Crippen molar-refractivity contribution in [3.05, 3.63) is 71.9 Å². The van der Waals surface area contributed by atoms with Gasteiger partial charge < -0.3 is 15.7 Å². The SMILES string of the molecule is O=C(C1=CNCC(=O)N(c2ccccc2)C1C(=O)NC1CCCCC1)c1ccccc1O. The number of Topliss-reactive ketones (excluding diaryl/α,β-unsaturated/α-hetero) is 1. The van der Waals surface area contributed by atoms with Gasteiger partial charge in [-0.1, -0.05) is 49.6 Å².